The van der Waals surface area contributed by atoms with Crippen LogP contribution in [0.1, 0.15) is 48.7 Å². The van der Waals surface area contributed by atoms with Gasteiger partial charge in [0.15, 0.2) is 0 Å². The highest BCUT2D eigenvalue weighted by Gasteiger charge is 2.36. The Balaban J connectivity index is 2.16. The molecular weight excluding hydrogens is 274 g/mol. The van der Waals surface area contributed by atoms with Gasteiger partial charge in [-0.3, -0.25) is 9.78 Å². The van der Waals surface area contributed by atoms with Crippen LogP contribution in [0, 0.1) is 24.2 Å². The number of nitriles is 1. The number of nitrogens with one attached hydrogen (secondary N) is 1. The molecule has 5 heteroatoms. The lowest BCUT2D eigenvalue weighted by Crippen LogP contribution is -2.49. The minimum Gasteiger partial charge on any atom is -0.334 e. The highest BCUT2D eigenvalue weighted by molar-refractivity contribution is 6.33. The van der Waals surface area contributed by atoms with Crippen LogP contribution in [0.4, 0.5) is 0 Å². The number of hydrogen-bond donors (Lipinski definition) is 1. The summed E-state index contributed by atoms with van der Waals surface area (Å²) in [6, 6.07) is 3.93. The Bertz CT molecular complexity index is 557. The van der Waals surface area contributed by atoms with Gasteiger partial charge in [-0.2, -0.15) is 5.26 Å². The molecule has 1 heterocycles. The summed E-state index contributed by atoms with van der Waals surface area (Å²) in [5, 5.41) is 12.6. The molecule has 0 bridgehead atoms. The fourth-order valence-corrected chi connectivity index (χ4v) is 2.79. The molecule has 20 heavy (non-hydrogen) atoms. The van der Waals surface area contributed by atoms with Gasteiger partial charge in [0.1, 0.15) is 5.54 Å². The van der Waals surface area contributed by atoms with Gasteiger partial charge in [-0.1, -0.05) is 18.5 Å². The smallest absolute Gasteiger partial charge is 0.255 e. The van der Waals surface area contributed by atoms with Gasteiger partial charge in [-0.25, -0.2) is 0 Å². The van der Waals surface area contributed by atoms with Crippen LogP contribution in [0.3, 0.4) is 0 Å². The molecule has 1 aromatic heterocycles. The average Bonchev–Trinajstić information content (AvgIpc) is 2.41. The molecule has 0 aliphatic heterocycles. The molecule has 1 amide bonds. The van der Waals surface area contributed by atoms with E-state index in [9.17, 15) is 10.1 Å². The van der Waals surface area contributed by atoms with E-state index in [1.807, 2.05) is 6.92 Å². The molecule has 1 N–H and O–H groups in total. The Kier molecular flexibility index (Phi) is 4.29. The number of pyridine rings is 1. The molecular formula is C15H18ClN3O. The summed E-state index contributed by atoms with van der Waals surface area (Å²) >= 11 is 6.07. The third kappa shape index (κ3) is 3.10. The number of rotatable bonds is 2. The van der Waals surface area contributed by atoms with E-state index in [1.54, 1.807) is 6.07 Å². The van der Waals surface area contributed by atoms with Crippen LogP contribution in [-0.4, -0.2) is 16.4 Å². The summed E-state index contributed by atoms with van der Waals surface area (Å²) in [4.78, 5) is 16.4. The van der Waals surface area contributed by atoms with Crippen molar-refractivity contribution in [2.45, 2.75) is 45.1 Å². The fraction of sp³-hybridized carbons (Fsp3) is 0.533. The largest absolute Gasteiger partial charge is 0.334 e. The van der Waals surface area contributed by atoms with Gasteiger partial charge in [0.05, 0.1) is 16.7 Å². The Morgan fingerprint density at radius 1 is 1.55 bits per heavy atom. The molecule has 1 saturated carbocycles. The van der Waals surface area contributed by atoms with Crippen molar-refractivity contribution in [1.29, 1.82) is 5.26 Å². The van der Waals surface area contributed by atoms with Gasteiger partial charge in [0.2, 0.25) is 0 Å². The number of hydrogen-bond acceptors (Lipinski definition) is 3. The molecule has 2 rings (SSSR count). The van der Waals surface area contributed by atoms with Crippen LogP contribution in [0.5, 0.6) is 0 Å². The predicted octanol–water partition coefficient (Wildman–Crippen LogP) is 3.25. The van der Waals surface area contributed by atoms with Crippen molar-refractivity contribution >= 4 is 17.5 Å². The molecule has 0 aromatic carbocycles. The monoisotopic (exact) mass is 291 g/mol. The maximum absolute atomic E-state index is 12.3. The van der Waals surface area contributed by atoms with E-state index in [2.05, 4.69) is 23.3 Å². The van der Waals surface area contributed by atoms with Crippen LogP contribution in [0.15, 0.2) is 12.3 Å². The lowest BCUT2D eigenvalue weighted by atomic mass is 9.78. The first-order valence-corrected chi connectivity index (χ1v) is 7.19. The maximum atomic E-state index is 12.3. The predicted molar refractivity (Wildman–Crippen MR) is 77.4 cm³/mol. The van der Waals surface area contributed by atoms with Gasteiger partial charge in [-0.05, 0) is 44.6 Å². The number of aryl methyl sites for hydroxylation is 1. The molecule has 4 nitrogen and oxygen atoms in total. The topological polar surface area (TPSA) is 65.8 Å². The Labute approximate surface area is 124 Å². The Hall–Kier alpha value is -1.60. The third-order valence-electron chi connectivity index (χ3n) is 3.93. The number of aromatic nitrogens is 1. The van der Waals surface area contributed by atoms with Crippen LogP contribution in [0.25, 0.3) is 0 Å². The van der Waals surface area contributed by atoms with E-state index in [1.165, 1.54) is 6.20 Å². The van der Waals surface area contributed by atoms with Crippen LogP contribution in [0.2, 0.25) is 5.02 Å². The van der Waals surface area contributed by atoms with E-state index in [0.29, 0.717) is 29.3 Å². The minimum absolute atomic E-state index is 0.321. The number of halogens is 1. The van der Waals surface area contributed by atoms with E-state index >= 15 is 0 Å². The zero-order valence-electron chi connectivity index (χ0n) is 11.7. The first-order valence-electron chi connectivity index (χ1n) is 6.82. The molecule has 0 saturated heterocycles. The van der Waals surface area contributed by atoms with Crippen molar-refractivity contribution < 1.29 is 4.79 Å². The second-order valence-corrected chi connectivity index (χ2v) is 6.04. The van der Waals surface area contributed by atoms with Crippen molar-refractivity contribution in [3.05, 3.63) is 28.5 Å². The average molecular weight is 292 g/mol. The van der Waals surface area contributed by atoms with Gasteiger partial charge in [-0.15, -0.1) is 0 Å². The molecule has 1 fully saturated rings. The molecule has 0 spiro atoms. The van der Waals surface area contributed by atoms with Crippen molar-refractivity contribution in [3.8, 4) is 6.07 Å². The number of carbonyl (C=O) groups excluding carboxylic acids is 1. The quantitative estimate of drug-likeness (QED) is 0.909. The van der Waals surface area contributed by atoms with Gasteiger partial charge in [0, 0.05) is 11.9 Å². The number of amides is 1. The lowest BCUT2D eigenvalue weighted by molar-refractivity contribution is 0.0893. The van der Waals surface area contributed by atoms with Crippen molar-refractivity contribution in [2.75, 3.05) is 0 Å². The van der Waals surface area contributed by atoms with Gasteiger partial charge >= 0.3 is 0 Å². The first-order chi connectivity index (χ1) is 9.46. The van der Waals surface area contributed by atoms with Crippen LogP contribution < -0.4 is 5.32 Å². The van der Waals surface area contributed by atoms with Crippen molar-refractivity contribution in [1.82, 2.24) is 10.3 Å². The van der Waals surface area contributed by atoms with E-state index in [4.69, 9.17) is 11.6 Å². The Morgan fingerprint density at radius 3 is 2.75 bits per heavy atom. The number of carbonyl (C=O) groups is 1. The molecule has 1 aliphatic rings. The third-order valence-corrected chi connectivity index (χ3v) is 4.24. The summed E-state index contributed by atoms with van der Waals surface area (Å²) in [5.74, 6) is 0.289. The van der Waals surface area contributed by atoms with Gasteiger partial charge < -0.3 is 5.32 Å². The zero-order valence-corrected chi connectivity index (χ0v) is 12.5. The van der Waals surface area contributed by atoms with Crippen molar-refractivity contribution in [2.24, 2.45) is 5.92 Å². The highest BCUT2D eigenvalue weighted by atomic mass is 35.5. The van der Waals surface area contributed by atoms with E-state index < -0.39 is 5.54 Å². The second kappa shape index (κ2) is 5.80. The molecule has 0 atom stereocenters. The first kappa shape index (κ1) is 14.8. The summed E-state index contributed by atoms with van der Waals surface area (Å²) in [7, 11) is 0. The minimum atomic E-state index is -0.766. The fourth-order valence-electron chi connectivity index (χ4n) is 2.50. The molecule has 0 unspecified atom stereocenters. The maximum Gasteiger partial charge on any atom is 0.255 e. The summed E-state index contributed by atoms with van der Waals surface area (Å²) in [6.07, 6.45) is 4.74. The Morgan fingerprint density at radius 2 is 2.20 bits per heavy atom. The second-order valence-electron chi connectivity index (χ2n) is 5.64. The van der Waals surface area contributed by atoms with E-state index in [-0.39, 0.29) is 5.91 Å². The normalized spacial score (nSPS) is 25.8. The molecule has 1 aromatic rings. The molecule has 1 aliphatic carbocycles. The summed E-state index contributed by atoms with van der Waals surface area (Å²) in [5.41, 5.74) is 0.316. The zero-order chi connectivity index (χ0) is 14.8. The summed E-state index contributed by atoms with van der Waals surface area (Å²) in [6.45, 7) is 3.98. The SMILES string of the molecule is Cc1cc(Cl)c(C(=O)NC2(C#N)CCC(C)CC2)cn1. The van der Waals surface area contributed by atoms with Gasteiger partial charge in [0.25, 0.3) is 5.91 Å². The van der Waals surface area contributed by atoms with Crippen LogP contribution >= 0.6 is 11.6 Å². The standard InChI is InChI=1S/C15H18ClN3O/c1-10-3-5-15(9-17,6-4-10)19-14(20)12-8-18-11(2)7-13(12)16/h7-8,10H,3-6H2,1-2H3,(H,19,20). The number of nitrogens with zero attached hydrogens (tertiary/aromatic N) is 2. The summed E-state index contributed by atoms with van der Waals surface area (Å²) < 4.78 is 0. The lowest BCUT2D eigenvalue weighted by Gasteiger charge is -2.34. The van der Waals surface area contributed by atoms with E-state index in [0.717, 1.165) is 18.5 Å². The highest BCUT2D eigenvalue weighted by Crippen LogP contribution is 2.32. The van der Waals surface area contributed by atoms with Crippen LogP contribution in [-0.2, 0) is 0 Å². The molecule has 106 valence electrons. The molecule has 0 radical (unpaired) electrons. The van der Waals surface area contributed by atoms with Crippen molar-refractivity contribution in [3.63, 3.8) is 0 Å².